The maximum absolute atomic E-state index is 10.9. The van der Waals surface area contributed by atoms with Gasteiger partial charge in [-0.15, -0.1) is 0 Å². The first-order chi connectivity index (χ1) is 11.6. The molecule has 24 heavy (non-hydrogen) atoms. The van der Waals surface area contributed by atoms with Crippen molar-refractivity contribution in [2.45, 2.75) is 18.9 Å². The van der Waals surface area contributed by atoms with Crippen molar-refractivity contribution in [2.24, 2.45) is 0 Å². The summed E-state index contributed by atoms with van der Waals surface area (Å²) in [5, 5.41) is 8.98. The van der Waals surface area contributed by atoms with Crippen LogP contribution in [0.25, 0.3) is 0 Å². The number of benzene rings is 2. The molecule has 1 atom stereocenters. The first-order valence-corrected chi connectivity index (χ1v) is 7.68. The van der Waals surface area contributed by atoms with Crippen molar-refractivity contribution in [1.82, 2.24) is 0 Å². The van der Waals surface area contributed by atoms with Gasteiger partial charge in [0.2, 0.25) is 0 Å². The molecule has 5 nitrogen and oxygen atoms in total. The summed E-state index contributed by atoms with van der Waals surface area (Å²) in [4.78, 5) is 10.9. The van der Waals surface area contributed by atoms with Crippen LogP contribution in [0.3, 0.4) is 0 Å². The van der Waals surface area contributed by atoms with Crippen molar-refractivity contribution in [1.29, 1.82) is 0 Å². The summed E-state index contributed by atoms with van der Waals surface area (Å²) in [7, 11) is 3.20. The highest BCUT2D eigenvalue weighted by Gasteiger charge is 2.15. The van der Waals surface area contributed by atoms with Gasteiger partial charge in [0, 0.05) is 13.0 Å². The van der Waals surface area contributed by atoms with Crippen LogP contribution in [0, 0.1) is 0 Å². The molecule has 5 heteroatoms. The van der Waals surface area contributed by atoms with E-state index in [1.165, 1.54) is 0 Å². The molecule has 128 valence electrons. The molecule has 0 bridgehead atoms. The summed E-state index contributed by atoms with van der Waals surface area (Å²) in [6.45, 7) is 0.832. The SMILES string of the molecule is COCC(CC(=O)O)c1ccc(OCc2ccc(OC)cc2)cc1. The number of aliphatic carboxylic acids is 1. The Bertz CT molecular complexity index is 634. The summed E-state index contributed by atoms with van der Waals surface area (Å²) in [5.74, 6) is 0.548. The van der Waals surface area contributed by atoms with Gasteiger partial charge in [-0.3, -0.25) is 4.79 Å². The Morgan fingerprint density at radius 1 is 1.00 bits per heavy atom. The third-order valence-corrected chi connectivity index (χ3v) is 3.70. The van der Waals surface area contributed by atoms with Gasteiger partial charge in [0.05, 0.1) is 20.1 Å². The number of rotatable bonds is 9. The predicted molar refractivity (Wildman–Crippen MR) is 90.6 cm³/mol. The summed E-state index contributed by atoms with van der Waals surface area (Å²) < 4.78 is 16.0. The van der Waals surface area contributed by atoms with Gasteiger partial charge in [0.15, 0.2) is 0 Å². The van der Waals surface area contributed by atoms with Gasteiger partial charge in [-0.05, 0) is 35.4 Å². The quantitative estimate of drug-likeness (QED) is 0.762. The lowest BCUT2D eigenvalue weighted by atomic mass is 9.96. The van der Waals surface area contributed by atoms with E-state index in [1.54, 1.807) is 14.2 Å². The van der Waals surface area contributed by atoms with Crippen LogP contribution in [0.15, 0.2) is 48.5 Å². The molecule has 2 rings (SSSR count). The first-order valence-electron chi connectivity index (χ1n) is 7.68. The molecule has 1 unspecified atom stereocenters. The lowest BCUT2D eigenvalue weighted by Crippen LogP contribution is -2.11. The van der Waals surface area contributed by atoms with Crippen LogP contribution in [0.5, 0.6) is 11.5 Å². The van der Waals surface area contributed by atoms with E-state index in [0.29, 0.717) is 13.2 Å². The first kappa shape index (κ1) is 17.8. The number of hydrogen-bond donors (Lipinski definition) is 1. The number of carboxylic acids is 1. The van der Waals surface area contributed by atoms with Crippen LogP contribution in [0.4, 0.5) is 0 Å². The van der Waals surface area contributed by atoms with Gasteiger partial charge < -0.3 is 19.3 Å². The normalized spacial score (nSPS) is 11.8. The second-order valence-corrected chi connectivity index (χ2v) is 5.46. The zero-order valence-corrected chi connectivity index (χ0v) is 13.9. The van der Waals surface area contributed by atoms with Crippen molar-refractivity contribution >= 4 is 5.97 Å². The minimum absolute atomic E-state index is 0.0416. The molecule has 0 amide bonds. The highest BCUT2D eigenvalue weighted by atomic mass is 16.5. The molecule has 0 aromatic heterocycles. The molecule has 1 N–H and O–H groups in total. The third-order valence-electron chi connectivity index (χ3n) is 3.70. The Hall–Kier alpha value is -2.53. The summed E-state index contributed by atoms with van der Waals surface area (Å²) >= 11 is 0. The largest absolute Gasteiger partial charge is 0.497 e. The van der Waals surface area contributed by atoms with Crippen molar-refractivity contribution in [3.05, 3.63) is 59.7 Å². The van der Waals surface area contributed by atoms with Crippen molar-refractivity contribution in [3.63, 3.8) is 0 Å². The molecule has 2 aromatic carbocycles. The minimum Gasteiger partial charge on any atom is -0.497 e. The minimum atomic E-state index is -0.836. The summed E-state index contributed by atoms with van der Waals surface area (Å²) in [6, 6.07) is 15.2. The molecular formula is C19H22O5. The van der Waals surface area contributed by atoms with Gasteiger partial charge in [0.1, 0.15) is 18.1 Å². The molecule has 0 saturated carbocycles. The molecule has 0 aliphatic heterocycles. The number of ether oxygens (including phenoxy) is 3. The molecule has 0 radical (unpaired) electrons. The maximum Gasteiger partial charge on any atom is 0.304 e. The average molecular weight is 330 g/mol. The predicted octanol–water partition coefficient (Wildman–Crippen LogP) is 3.48. The molecule has 0 heterocycles. The zero-order chi connectivity index (χ0) is 17.4. The number of carboxylic acid groups (broad SMARTS) is 1. The van der Waals surface area contributed by atoms with Gasteiger partial charge in [0.25, 0.3) is 0 Å². The van der Waals surface area contributed by atoms with Crippen LogP contribution in [0.2, 0.25) is 0 Å². The number of carbonyl (C=O) groups is 1. The van der Waals surface area contributed by atoms with E-state index in [2.05, 4.69) is 0 Å². The van der Waals surface area contributed by atoms with Crippen LogP contribution in [-0.4, -0.2) is 31.9 Å². The van der Waals surface area contributed by atoms with E-state index >= 15 is 0 Å². The maximum atomic E-state index is 10.9. The van der Waals surface area contributed by atoms with Gasteiger partial charge in [-0.1, -0.05) is 24.3 Å². The molecule has 0 aliphatic rings. The van der Waals surface area contributed by atoms with E-state index in [0.717, 1.165) is 22.6 Å². The van der Waals surface area contributed by atoms with Crippen molar-refractivity contribution in [3.8, 4) is 11.5 Å². The lowest BCUT2D eigenvalue weighted by Gasteiger charge is -2.15. The highest BCUT2D eigenvalue weighted by Crippen LogP contribution is 2.23. The van der Waals surface area contributed by atoms with Crippen LogP contribution in [0.1, 0.15) is 23.5 Å². The second-order valence-electron chi connectivity index (χ2n) is 5.46. The molecule has 0 fully saturated rings. The standard InChI is InChI=1S/C19H22O5/c1-22-13-16(11-19(20)21)15-5-9-18(10-6-15)24-12-14-3-7-17(23-2)8-4-14/h3-10,16H,11-13H2,1-2H3,(H,20,21). The fourth-order valence-electron chi connectivity index (χ4n) is 2.41. The Labute approximate surface area is 141 Å². The Kier molecular flexibility index (Phi) is 6.63. The van der Waals surface area contributed by atoms with Crippen LogP contribution >= 0.6 is 0 Å². The smallest absolute Gasteiger partial charge is 0.304 e. The van der Waals surface area contributed by atoms with Gasteiger partial charge >= 0.3 is 5.97 Å². The van der Waals surface area contributed by atoms with Crippen molar-refractivity contribution in [2.75, 3.05) is 20.8 Å². The fourth-order valence-corrected chi connectivity index (χ4v) is 2.41. The fraction of sp³-hybridized carbons (Fsp3) is 0.316. The number of hydrogen-bond acceptors (Lipinski definition) is 4. The summed E-state index contributed by atoms with van der Waals surface area (Å²) in [6.07, 6.45) is 0.0416. The average Bonchev–Trinajstić information content (AvgIpc) is 2.60. The van der Waals surface area contributed by atoms with E-state index in [9.17, 15) is 4.79 Å². The highest BCUT2D eigenvalue weighted by molar-refractivity contribution is 5.68. The Morgan fingerprint density at radius 3 is 2.17 bits per heavy atom. The van der Waals surface area contributed by atoms with E-state index < -0.39 is 5.97 Å². The topological polar surface area (TPSA) is 65.0 Å². The monoisotopic (exact) mass is 330 g/mol. The van der Waals surface area contributed by atoms with Crippen molar-refractivity contribution < 1.29 is 24.1 Å². The molecule has 0 spiro atoms. The molecule has 0 saturated heterocycles. The van der Waals surface area contributed by atoms with E-state index in [-0.39, 0.29) is 12.3 Å². The Balaban J connectivity index is 1.96. The molecule has 0 aliphatic carbocycles. The second kappa shape index (κ2) is 8.93. The van der Waals surface area contributed by atoms with Crippen LogP contribution < -0.4 is 9.47 Å². The molecule has 2 aromatic rings. The zero-order valence-electron chi connectivity index (χ0n) is 13.9. The number of methoxy groups -OCH3 is 2. The Morgan fingerprint density at radius 2 is 1.62 bits per heavy atom. The summed E-state index contributed by atoms with van der Waals surface area (Å²) in [5.41, 5.74) is 1.97. The third kappa shape index (κ3) is 5.28. The van der Waals surface area contributed by atoms with Crippen LogP contribution in [-0.2, 0) is 16.1 Å². The van der Waals surface area contributed by atoms with Gasteiger partial charge in [-0.2, -0.15) is 0 Å². The van der Waals surface area contributed by atoms with E-state index in [1.807, 2.05) is 48.5 Å². The molecular weight excluding hydrogens is 308 g/mol. The van der Waals surface area contributed by atoms with E-state index in [4.69, 9.17) is 19.3 Å². The van der Waals surface area contributed by atoms with Gasteiger partial charge in [-0.25, -0.2) is 0 Å². The lowest BCUT2D eigenvalue weighted by molar-refractivity contribution is -0.137.